The third-order valence-electron chi connectivity index (χ3n) is 3.91. The van der Waals surface area contributed by atoms with E-state index in [4.69, 9.17) is 0 Å². The normalized spacial score (nSPS) is 11.9. The van der Waals surface area contributed by atoms with E-state index in [1.807, 2.05) is 0 Å². The molecule has 0 bridgehead atoms. The molecule has 0 spiro atoms. The molecule has 0 heterocycles. The van der Waals surface area contributed by atoms with Crippen LogP contribution in [0.1, 0.15) is 5.56 Å². The number of phenolic OH excluding ortho intramolecular Hbond substituents is 1. The largest absolute Gasteiger partial charge is 0.506 e. The molecule has 0 radical (unpaired) electrons. The summed E-state index contributed by atoms with van der Waals surface area (Å²) in [7, 11) is -7.92. The predicted molar refractivity (Wildman–Crippen MR) is 102 cm³/mol. The number of phenols is 1. The molecule has 0 aliphatic heterocycles. The van der Waals surface area contributed by atoms with Gasteiger partial charge < -0.3 is 5.11 Å². The highest BCUT2D eigenvalue weighted by Crippen LogP contribution is 2.34. The Balaban J connectivity index is 2.08. The molecule has 0 aliphatic carbocycles. The lowest BCUT2D eigenvalue weighted by molar-refractivity contribution is 0.454. The summed E-state index contributed by atoms with van der Waals surface area (Å²) in [6, 6.07) is 17.8. The van der Waals surface area contributed by atoms with E-state index < -0.39 is 25.6 Å². The van der Waals surface area contributed by atoms with Gasteiger partial charge in [0.05, 0.1) is 15.5 Å². The van der Waals surface area contributed by atoms with Gasteiger partial charge >= 0.3 is 0 Å². The van der Waals surface area contributed by atoms with Gasteiger partial charge in [-0.15, -0.1) is 0 Å². The molecule has 8 heteroatoms. The summed E-state index contributed by atoms with van der Waals surface area (Å²) in [5.41, 5.74) is 0.279. The molecule has 0 saturated carbocycles. The van der Waals surface area contributed by atoms with Crippen molar-refractivity contribution in [1.29, 1.82) is 0 Å². The second-order valence-electron chi connectivity index (χ2n) is 5.87. The maximum atomic E-state index is 12.9. The molecule has 6 nitrogen and oxygen atoms in total. The highest BCUT2D eigenvalue weighted by molar-refractivity contribution is 7.92. The average molecular weight is 403 g/mol. The summed E-state index contributed by atoms with van der Waals surface area (Å²) in [5.74, 6) is -0.415. The van der Waals surface area contributed by atoms with Crippen molar-refractivity contribution >= 4 is 25.5 Å². The van der Waals surface area contributed by atoms with Gasteiger partial charge in [-0.05, 0) is 48.9 Å². The molecular formula is C19H17NO5S2. The highest BCUT2D eigenvalue weighted by atomic mass is 32.2. The quantitative estimate of drug-likeness (QED) is 0.637. The molecule has 0 saturated heterocycles. The maximum absolute atomic E-state index is 12.9. The van der Waals surface area contributed by atoms with Crippen LogP contribution in [0.25, 0.3) is 0 Å². The van der Waals surface area contributed by atoms with Crippen LogP contribution in [0.4, 0.5) is 5.69 Å². The summed E-state index contributed by atoms with van der Waals surface area (Å²) in [6.07, 6.45) is 0. The average Bonchev–Trinajstić information content (AvgIpc) is 2.65. The van der Waals surface area contributed by atoms with Crippen molar-refractivity contribution in [1.82, 2.24) is 0 Å². The van der Waals surface area contributed by atoms with Crippen molar-refractivity contribution in [2.75, 3.05) is 4.72 Å². The Hall–Kier alpha value is -2.84. The van der Waals surface area contributed by atoms with Gasteiger partial charge in [0.15, 0.2) is 0 Å². The molecule has 0 aliphatic rings. The summed E-state index contributed by atoms with van der Waals surface area (Å²) < 4.78 is 53.1. The maximum Gasteiger partial charge on any atom is 0.261 e. The molecule has 0 amide bonds. The summed E-state index contributed by atoms with van der Waals surface area (Å²) in [4.78, 5) is -0.314. The Morgan fingerprint density at radius 2 is 1.30 bits per heavy atom. The molecule has 0 unspecified atom stereocenters. The Kier molecular flexibility index (Phi) is 4.95. The van der Waals surface area contributed by atoms with Crippen LogP contribution in [0.2, 0.25) is 0 Å². The van der Waals surface area contributed by atoms with Crippen LogP contribution >= 0.6 is 0 Å². The zero-order valence-corrected chi connectivity index (χ0v) is 16.0. The molecule has 2 N–H and O–H groups in total. The number of sulfonamides is 1. The van der Waals surface area contributed by atoms with E-state index in [0.29, 0.717) is 0 Å². The first kappa shape index (κ1) is 18.9. The van der Waals surface area contributed by atoms with Crippen molar-refractivity contribution in [3.63, 3.8) is 0 Å². The number of aromatic hydroxyl groups is 1. The van der Waals surface area contributed by atoms with Gasteiger partial charge in [-0.1, -0.05) is 36.4 Å². The van der Waals surface area contributed by atoms with Crippen molar-refractivity contribution < 1.29 is 21.9 Å². The fraction of sp³-hybridized carbons (Fsp3) is 0.0526. The minimum Gasteiger partial charge on any atom is -0.506 e. The molecule has 140 valence electrons. The van der Waals surface area contributed by atoms with E-state index >= 15 is 0 Å². The second-order valence-corrected chi connectivity index (χ2v) is 9.48. The number of hydrogen-bond acceptors (Lipinski definition) is 5. The number of hydrogen-bond donors (Lipinski definition) is 2. The smallest absolute Gasteiger partial charge is 0.261 e. The lowest BCUT2D eigenvalue weighted by Crippen LogP contribution is -2.13. The number of nitrogens with one attached hydrogen (secondary N) is 1. The van der Waals surface area contributed by atoms with E-state index in [-0.39, 0.29) is 25.9 Å². The van der Waals surface area contributed by atoms with Crippen LogP contribution in [0, 0.1) is 6.92 Å². The summed E-state index contributed by atoms with van der Waals surface area (Å²) >= 11 is 0. The minimum absolute atomic E-state index is 0.00256. The lowest BCUT2D eigenvalue weighted by atomic mass is 10.2. The van der Waals surface area contributed by atoms with Crippen molar-refractivity contribution in [2.45, 2.75) is 21.6 Å². The van der Waals surface area contributed by atoms with Gasteiger partial charge in [0.2, 0.25) is 9.84 Å². The van der Waals surface area contributed by atoms with E-state index in [1.54, 1.807) is 36.4 Å². The SMILES string of the molecule is Cc1cc(NS(=O)(=O)c2ccccc2)cc(S(=O)(=O)c2ccccc2)c1O. The standard InChI is InChI=1S/C19H17NO5S2/c1-14-12-15(20-27(24,25)17-10-6-3-7-11-17)13-18(19(14)21)26(22,23)16-8-4-2-5-9-16/h2-13,20-21H,1H3. The van der Waals surface area contributed by atoms with E-state index in [9.17, 15) is 21.9 Å². The summed E-state index contributed by atoms with van der Waals surface area (Å²) in [5, 5.41) is 10.3. The number of aryl methyl sites for hydroxylation is 1. The van der Waals surface area contributed by atoms with Gasteiger partial charge in [0.25, 0.3) is 10.0 Å². The first-order chi connectivity index (χ1) is 12.7. The molecule has 0 aromatic heterocycles. The van der Waals surface area contributed by atoms with Crippen LogP contribution in [-0.2, 0) is 19.9 Å². The van der Waals surface area contributed by atoms with E-state index in [1.165, 1.54) is 37.3 Å². The van der Waals surface area contributed by atoms with Gasteiger partial charge in [-0.25, -0.2) is 16.8 Å². The van der Waals surface area contributed by atoms with Gasteiger partial charge in [-0.3, -0.25) is 4.72 Å². The molecule has 0 atom stereocenters. The molecule has 3 rings (SSSR count). The molecule has 0 fully saturated rings. The fourth-order valence-electron chi connectivity index (χ4n) is 2.55. The fourth-order valence-corrected chi connectivity index (χ4v) is 5.08. The number of anilines is 1. The second kappa shape index (κ2) is 7.05. The number of sulfone groups is 1. The Bertz CT molecular complexity index is 1170. The third-order valence-corrected chi connectivity index (χ3v) is 7.09. The predicted octanol–water partition coefficient (Wildman–Crippen LogP) is 3.33. The zero-order valence-electron chi connectivity index (χ0n) is 14.3. The monoisotopic (exact) mass is 403 g/mol. The Morgan fingerprint density at radius 3 is 1.85 bits per heavy atom. The van der Waals surface area contributed by atoms with Gasteiger partial charge in [0.1, 0.15) is 10.6 Å². The molecule has 27 heavy (non-hydrogen) atoms. The van der Waals surface area contributed by atoms with Crippen LogP contribution < -0.4 is 4.72 Å². The minimum atomic E-state index is -4.02. The third kappa shape index (κ3) is 3.81. The van der Waals surface area contributed by atoms with Crippen molar-refractivity contribution in [2.24, 2.45) is 0 Å². The Morgan fingerprint density at radius 1 is 0.778 bits per heavy atom. The lowest BCUT2D eigenvalue weighted by Gasteiger charge is -2.13. The van der Waals surface area contributed by atoms with Gasteiger partial charge in [-0.2, -0.15) is 0 Å². The highest BCUT2D eigenvalue weighted by Gasteiger charge is 2.24. The van der Waals surface area contributed by atoms with E-state index in [0.717, 1.165) is 6.07 Å². The Labute approximate surface area is 158 Å². The van der Waals surface area contributed by atoms with Crippen molar-refractivity contribution in [3.8, 4) is 5.75 Å². The first-order valence-electron chi connectivity index (χ1n) is 7.93. The van der Waals surface area contributed by atoms with E-state index in [2.05, 4.69) is 4.72 Å². The van der Waals surface area contributed by atoms with Crippen molar-refractivity contribution in [3.05, 3.63) is 78.4 Å². The van der Waals surface area contributed by atoms with Crippen LogP contribution in [0.3, 0.4) is 0 Å². The summed E-state index contributed by atoms with van der Waals surface area (Å²) in [6.45, 7) is 1.50. The van der Waals surface area contributed by atoms with Crippen LogP contribution in [0.15, 0.2) is 87.5 Å². The molecular weight excluding hydrogens is 386 g/mol. The van der Waals surface area contributed by atoms with Crippen LogP contribution in [-0.4, -0.2) is 21.9 Å². The zero-order chi connectivity index (χ0) is 19.7. The molecule has 3 aromatic rings. The number of rotatable bonds is 5. The first-order valence-corrected chi connectivity index (χ1v) is 10.9. The van der Waals surface area contributed by atoms with Gasteiger partial charge in [0, 0.05) is 0 Å². The topological polar surface area (TPSA) is 101 Å². The molecule has 3 aromatic carbocycles. The number of benzene rings is 3. The van der Waals surface area contributed by atoms with Crippen LogP contribution in [0.5, 0.6) is 5.75 Å².